The molecule has 0 saturated carbocycles. The van der Waals surface area contributed by atoms with Crippen LogP contribution in [0.5, 0.6) is 0 Å². The summed E-state index contributed by atoms with van der Waals surface area (Å²) in [7, 11) is 0. The monoisotopic (exact) mass is 266 g/mol. The van der Waals surface area contributed by atoms with E-state index < -0.39 is 5.82 Å². The summed E-state index contributed by atoms with van der Waals surface area (Å²) in [6.45, 7) is 0.463. The average molecular weight is 266 g/mol. The lowest BCUT2D eigenvalue weighted by molar-refractivity contribution is 0.627. The molecule has 1 aliphatic rings. The Morgan fingerprint density at radius 2 is 2.20 bits per heavy atom. The van der Waals surface area contributed by atoms with Crippen LogP contribution in [0.4, 0.5) is 4.39 Å². The van der Waals surface area contributed by atoms with Crippen molar-refractivity contribution in [3.8, 4) is 12.0 Å². The molecule has 0 aromatic heterocycles. The van der Waals surface area contributed by atoms with Crippen molar-refractivity contribution in [2.24, 2.45) is 0 Å². The molecule has 1 heterocycles. The Kier molecular flexibility index (Phi) is 4.17. The predicted octanol–water partition coefficient (Wildman–Crippen LogP) is 2.13. The highest BCUT2D eigenvalue weighted by molar-refractivity contribution is 6.67. The number of allylic oxidation sites excluding steroid dienone is 2. The van der Waals surface area contributed by atoms with Gasteiger partial charge in [-0.3, -0.25) is 5.41 Å². The number of nitrogens with one attached hydrogen (secondary N) is 2. The van der Waals surface area contributed by atoms with Gasteiger partial charge in [-0.05, 0) is 24.8 Å². The molecule has 1 aromatic rings. The molecule has 0 aliphatic carbocycles. The number of benzene rings is 1. The molecule has 4 nitrogen and oxygen atoms in total. The van der Waals surface area contributed by atoms with Gasteiger partial charge in [-0.2, -0.15) is 5.26 Å². The molecule has 1 aromatic carbocycles. The Morgan fingerprint density at radius 3 is 2.85 bits per heavy atom. The van der Waals surface area contributed by atoms with Crippen LogP contribution in [0.1, 0.15) is 5.56 Å². The van der Waals surface area contributed by atoms with Crippen LogP contribution >= 0.6 is 0 Å². The summed E-state index contributed by atoms with van der Waals surface area (Å²) in [5.41, 5.74) is 1.11. The fourth-order valence-corrected chi connectivity index (χ4v) is 2.18. The molecule has 1 saturated heterocycles. The zero-order chi connectivity index (χ0) is 14.5. The molecule has 0 atom stereocenters. The highest BCUT2D eigenvalue weighted by Crippen LogP contribution is 2.19. The predicted molar refractivity (Wildman–Crippen MR) is 74.9 cm³/mol. The first kappa shape index (κ1) is 13.8. The Labute approximate surface area is 117 Å². The van der Waals surface area contributed by atoms with Crippen molar-refractivity contribution in [1.82, 2.24) is 5.32 Å². The molecule has 6 heteroatoms. The number of halogens is 1. The minimum atomic E-state index is -0.443. The van der Waals surface area contributed by atoms with E-state index in [0.29, 0.717) is 24.1 Å². The van der Waals surface area contributed by atoms with E-state index in [4.69, 9.17) is 10.7 Å². The maximum absolute atomic E-state index is 13.2. The van der Waals surface area contributed by atoms with Gasteiger partial charge in [0.15, 0.2) is 0 Å². The first-order valence-electron chi connectivity index (χ1n) is 6.27. The van der Waals surface area contributed by atoms with E-state index in [1.165, 1.54) is 18.2 Å². The molecule has 2 rings (SSSR count). The molecule has 0 radical (unpaired) electrons. The van der Waals surface area contributed by atoms with Crippen LogP contribution in [0, 0.1) is 33.8 Å². The van der Waals surface area contributed by atoms with Gasteiger partial charge in [-0.15, -0.1) is 0 Å². The molecular weight excluding hydrogens is 254 g/mol. The second-order valence-electron chi connectivity index (χ2n) is 4.60. The van der Waals surface area contributed by atoms with Gasteiger partial charge in [-0.25, -0.2) is 9.65 Å². The van der Waals surface area contributed by atoms with E-state index in [9.17, 15) is 9.65 Å². The highest BCUT2D eigenvalue weighted by atomic mass is 19.1. The van der Waals surface area contributed by atoms with Gasteiger partial charge < -0.3 is 5.32 Å². The van der Waals surface area contributed by atoms with Crippen molar-refractivity contribution in [3.05, 3.63) is 46.9 Å². The van der Waals surface area contributed by atoms with Crippen LogP contribution < -0.4 is 5.32 Å². The van der Waals surface area contributed by atoms with Crippen molar-refractivity contribution in [3.63, 3.8) is 0 Å². The topological polar surface area (TPSA) is 83.5 Å². The fraction of sp³-hybridized carbons (Fsp3) is 0.214. The Bertz CT molecular complexity index is 654. The molecule has 0 bridgehead atoms. The first-order valence-corrected chi connectivity index (χ1v) is 6.27. The smallest absolute Gasteiger partial charge is 0.275 e. The third kappa shape index (κ3) is 2.86. The molecular formula is C14H12BFN4. The lowest BCUT2D eigenvalue weighted by Gasteiger charge is -2.20. The lowest BCUT2D eigenvalue weighted by atomic mass is 9.44. The van der Waals surface area contributed by atoms with E-state index in [-0.39, 0.29) is 18.0 Å². The van der Waals surface area contributed by atoms with E-state index in [1.54, 1.807) is 6.07 Å². The third-order valence-corrected chi connectivity index (χ3v) is 3.24. The van der Waals surface area contributed by atoms with Crippen LogP contribution in [-0.4, -0.2) is 19.0 Å². The van der Waals surface area contributed by atoms with Gasteiger partial charge in [0.25, 0.3) is 6.71 Å². The summed E-state index contributed by atoms with van der Waals surface area (Å²) in [4.78, 5) is 0. The summed E-state index contributed by atoms with van der Waals surface area (Å²) >= 11 is 0. The second-order valence-corrected chi connectivity index (χ2v) is 4.60. The largest absolute Gasteiger partial charge is 0.388 e. The Hall–Kier alpha value is -2.60. The molecule has 2 N–H and O–H groups in total. The van der Waals surface area contributed by atoms with Crippen molar-refractivity contribution in [2.45, 2.75) is 12.6 Å². The van der Waals surface area contributed by atoms with Crippen molar-refractivity contribution < 1.29 is 4.39 Å². The van der Waals surface area contributed by atoms with Crippen LogP contribution in [0.3, 0.4) is 0 Å². The summed E-state index contributed by atoms with van der Waals surface area (Å²) in [6, 6.07) is 7.61. The van der Waals surface area contributed by atoms with Crippen molar-refractivity contribution in [1.29, 1.82) is 15.9 Å². The lowest BCUT2D eigenvalue weighted by Crippen LogP contribution is -2.32. The van der Waals surface area contributed by atoms with E-state index in [0.717, 1.165) is 6.32 Å². The summed E-state index contributed by atoms with van der Waals surface area (Å²) in [6.07, 6.45) is 1.16. The van der Waals surface area contributed by atoms with Gasteiger partial charge in [-0.1, -0.05) is 12.1 Å². The average Bonchev–Trinajstić information content (AvgIpc) is 2.48. The number of nitriles is 2. The molecule has 0 unspecified atom stereocenters. The molecule has 0 spiro atoms. The van der Waals surface area contributed by atoms with Gasteiger partial charge in [0.2, 0.25) is 0 Å². The molecule has 1 aliphatic heterocycles. The molecule has 0 amide bonds. The second kappa shape index (κ2) is 6.03. The van der Waals surface area contributed by atoms with Gasteiger partial charge in [0.05, 0.1) is 11.3 Å². The molecule has 98 valence electrons. The maximum atomic E-state index is 13.2. The number of hydrogen-bond acceptors (Lipinski definition) is 4. The fourth-order valence-electron chi connectivity index (χ4n) is 2.18. The molecule has 1 fully saturated rings. The van der Waals surface area contributed by atoms with Crippen molar-refractivity contribution in [2.75, 3.05) is 6.54 Å². The standard InChI is InChI=1S/C14H12BFN4/c16-11-3-1-2-10(6-11)14(19)12(8-17)13-7-15(9-18)4-5-20-13/h1-3,6,19-20H,4-5,7H2/b13-12-,19-14?. The van der Waals surface area contributed by atoms with Crippen LogP contribution in [0.2, 0.25) is 12.6 Å². The number of nitrogens with zero attached hydrogens (tertiary/aromatic N) is 2. The third-order valence-electron chi connectivity index (χ3n) is 3.24. The summed E-state index contributed by atoms with van der Waals surface area (Å²) in [5, 5.41) is 29.4. The van der Waals surface area contributed by atoms with Crippen LogP contribution in [-0.2, 0) is 0 Å². The summed E-state index contributed by atoms with van der Waals surface area (Å²) in [5.74, 6) is 1.74. The SMILES string of the molecule is N#CB1CCN/C(=C(/C#N)C(=N)c2cccc(F)c2)C1. The highest BCUT2D eigenvalue weighted by Gasteiger charge is 2.24. The van der Waals surface area contributed by atoms with Crippen LogP contribution in [0.15, 0.2) is 35.5 Å². The van der Waals surface area contributed by atoms with E-state index >= 15 is 0 Å². The minimum Gasteiger partial charge on any atom is -0.388 e. The Balaban J connectivity index is 2.35. The van der Waals surface area contributed by atoms with E-state index in [2.05, 4.69) is 11.3 Å². The quantitative estimate of drug-likeness (QED) is 0.488. The number of rotatable bonds is 2. The zero-order valence-electron chi connectivity index (χ0n) is 10.8. The van der Waals surface area contributed by atoms with E-state index in [1.807, 2.05) is 6.07 Å². The molecule has 20 heavy (non-hydrogen) atoms. The first-order chi connectivity index (χ1) is 9.65. The minimum absolute atomic E-state index is 0.0203. The number of hydrogen-bond donors (Lipinski definition) is 2. The van der Waals surface area contributed by atoms with Gasteiger partial charge >= 0.3 is 0 Å². The summed E-state index contributed by atoms with van der Waals surface area (Å²) < 4.78 is 13.2. The Morgan fingerprint density at radius 1 is 1.40 bits per heavy atom. The van der Waals surface area contributed by atoms with Gasteiger partial charge in [0.1, 0.15) is 11.9 Å². The van der Waals surface area contributed by atoms with Crippen molar-refractivity contribution >= 4 is 12.4 Å². The van der Waals surface area contributed by atoms with Gasteiger partial charge in [0, 0.05) is 23.8 Å². The normalized spacial score (nSPS) is 16.6. The van der Waals surface area contributed by atoms with Crippen LogP contribution in [0.25, 0.3) is 0 Å². The maximum Gasteiger partial charge on any atom is 0.275 e. The zero-order valence-corrected chi connectivity index (χ0v) is 10.8.